The quantitative estimate of drug-likeness (QED) is 0.517. The summed E-state index contributed by atoms with van der Waals surface area (Å²) in [4.78, 5) is 33.4. The molecule has 1 atom stereocenters. The molecule has 1 aromatic carbocycles. The first-order valence-corrected chi connectivity index (χ1v) is 5.43. The Kier molecular flexibility index (Phi) is 5.18. The summed E-state index contributed by atoms with van der Waals surface area (Å²) in [5.74, 6) is -3.85. The number of esters is 1. The van der Waals surface area contributed by atoms with Gasteiger partial charge in [0.15, 0.2) is 0 Å². The fourth-order valence-corrected chi connectivity index (χ4v) is 1.33. The zero-order valence-electron chi connectivity index (χ0n) is 10.1. The Morgan fingerprint density at radius 2 is 1.75 bits per heavy atom. The molecular weight excluding hydrogens is 272 g/mol. The zero-order valence-corrected chi connectivity index (χ0v) is 10.1. The van der Waals surface area contributed by atoms with E-state index < -0.39 is 48.4 Å². The highest BCUT2D eigenvalue weighted by Gasteiger charge is 2.20. The van der Waals surface area contributed by atoms with Crippen LogP contribution in [-0.2, 0) is 4.74 Å². The molecule has 0 saturated heterocycles. The molecule has 0 saturated carbocycles. The Labute approximate surface area is 112 Å². The van der Waals surface area contributed by atoms with Crippen LogP contribution in [0.5, 0.6) is 0 Å². The van der Waals surface area contributed by atoms with E-state index in [1.165, 1.54) is 0 Å². The number of carbonyl (C=O) groups excluding carboxylic acids is 1. The van der Waals surface area contributed by atoms with Crippen molar-refractivity contribution in [1.29, 1.82) is 0 Å². The Bertz CT molecular complexity index is 536. The Hall–Kier alpha value is -2.45. The molecule has 0 amide bonds. The number of aromatic carboxylic acids is 2. The lowest BCUT2D eigenvalue weighted by molar-refractivity contribution is 0.00911. The number of carboxylic acid groups (broad SMARTS) is 2. The van der Waals surface area contributed by atoms with Gasteiger partial charge in [-0.3, -0.25) is 0 Å². The van der Waals surface area contributed by atoms with Gasteiger partial charge >= 0.3 is 17.9 Å². The smallest absolute Gasteiger partial charge is 0.339 e. The van der Waals surface area contributed by atoms with Crippen LogP contribution in [0.15, 0.2) is 18.2 Å². The van der Waals surface area contributed by atoms with Crippen molar-refractivity contribution < 1.29 is 39.5 Å². The normalized spacial score (nSPS) is 11.7. The molecule has 1 unspecified atom stereocenters. The minimum Gasteiger partial charge on any atom is -0.478 e. The SMILES string of the molecule is O=C(O)c1ccc(C(=O)O)c(C(=O)OCC(O)CO)c1. The van der Waals surface area contributed by atoms with E-state index in [2.05, 4.69) is 4.74 Å². The summed E-state index contributed by atoms with van der Waals surface area (Å²) in [5.41, 5.74) is -1.13. The molecule has 8 nitrogen and oxygen atoms in total. The molecule has 1 aromatic rings. The molecule has 0 aliphatic rings. The van der Waals surface area contributed by atoms with Crippen LogP contribution in [0, 0.1) is 0 Å². The number of ether oxygens (including phenoxy) is 1. The molecule has 0 aliphatic carbocycles. The van der Waals surface area contributed by atoms with Gasteiger partial charge in [-0.25, -0.2) is 14.4 Å². The summed E-state index contributed by atoms with van der Waals surface area (Å²) < 4.78 is 4.60. The summed E-state index contributed by atoms with van der Waals surface area (Å²) in [6, 6.07) is 2.90. The van der Waals surface area contributed by atoms with Crippen molar-refractivity contribution in [2.24, 2.45) is 0 Å². The molecule has 108 valence electrons. The minimum absolute atomic E-state index is 0.273. The van der Waals surface area contributed by atoms with Crippen LogP contribution in [0.3, 0.4) is 0 Å². The fraction of sp³-hybridized carbons (Fsp3) is 0.250. The fourth-order valence-electron chi connectivity index (χ4n) is 1.33. The molecule has 4 N–H and O–H groups in total. The largest absolute Gasteiger partial charge is 0.478 e. The monoisotopic (exact) mass is 284 g/mol. The van der Waals surface area contributed by atoms with Crippen LogP contribution >= 0.6 is 0 Å². The van der Waals surface area contributed by atoms with Crippen molar-refractivity contribution in [3.63, 3.8) is 0 Å². The summed E-state index contributed by atoms with van der Waals surface area (Å²) in [5, 5.41) is 35.3. The third-order valence-corrected chi connectivity index (χ3v) is 2.33. The van der Waals surface area contributed by atoms with Crippen molar-refractivity contribution in [2.45, 2.75) is 6.10 Å². The maximum absolute atomic E-state index is 11.7. The lowest BCUT2D eigenvalue weighted by Gasteiger charge is -2.10. The number of rotatable bonds is 6. The summed E-state index contributed by atoms with van der Waals surface area (Å²) in [7, 11) is 0. The second-order valence-corrected chi connectivity index (χ2v) is 3.81. The van der Waals surface area contributed by atoms with Crippen LogP contribution in [0.1, 0.15) is 31.1 Å². The topological polar surface area (TPSA) is 141 Å². The van der Waals surface area contributed by atoms with Crippen LogP contribution < -0.4 is 0 Å². The Morgan fingerprint density at radius 3 is 2.25 bits per heavy atom. The third kappa shape index (κ3) is 3.77. The second kappa shape index (κ2) is 6.64. The molecule has 0 spiro atoms. The van der Waals surface area contributed by atoms with E-state index in [1.54, 1.807) is 0 Å². The maximum Gasteiger partial charge on any atom is 0.339 e. The molecule has 1 rings (SSSR count). The molecule has 0 bridgehead atoms. The van der Waals surface area contributed by atoms with Gasteiger partial charge in [-0.15, -0.1) is 0 Å². The summed E-state index contributed by atoms with van der Waals surface area (Å²) in [6.45, 7) is -1.17. The van der Waals surface area contributed by atoms with Crippen LogP contribution in [0.2, 0.25) is 0 Å². The maximum atomic E-state index is 11.7. The highest BCUT2D eigenvalue weighted by atomic mass is 16.5. The van der Waals surface area contributed by atoms with Gasteiger partial charge in [0.1, 0.15) is 12.7 Å². The van der Waals surface area contributed by atoms with Crippen LogP contribution in [-0.4, -0.2) is 57.7 Å². The number of hydrogen-bond donors (Lipinski definition) is 4. The molecule has 0 heterocycles. The zero-order chi connectivity index (χ0) is 15.3. The summed E-state index contributed by atoms with van der Waals surface area (Å²) >= 11 is 0. The Morgan fingerprint density at radius 1 is 1.10 bits per heavy atom. The second-order valence-electron chi connectivity index (χ2n) is 3.81. The molecule has 0 aliphatic heterocycles. The van der Waals surface area contributed by atoms with Gasteiger partial charge in [0, 0.05) is 0 Å². The minimum atomic E-state index is -1.42. The first-order chi connectivity index (χ1) is 9.36. The number of hydrogen-bond acceptors (Lipinski definition) is 6. The van der Waals surface area contributed by atoms with Crippen molar-refractivity contribution in [1.82, 2.24) is 0 Å². The number of carboxylic acids is 2. The van der Waals surface area contributed by atoms with E-state index in [0.717, 1.165) is 18.2 Å². The van der Waals surface area contributed by atoms with Crippen molar-refractivity contribution in [2.75, 3.05) is 13.2 Å². The van der Waals surface area contributed by atoms with E-state index in [-0.39, 0.29) is 5.56 Å². The first-order valence-electron chi connectivity index (χ1n) is 5.43. The molecule has 8 heteroatoms. The van der Waals surface area contributed by atoms with Crippen molar-refractivity contribution >= 4 is 17.9 Å². The highest BCUT2D eigenvalue weighted by Crippen LogP contribution is 2.14. The van der Waals surface area contributed by atoms with Gasteiger partial charge in [0.2, 0.25) is 0 Å². The van der Waals surface area contributed by atoms with Gasteiger partial charge in [0.25, 0.3) is 0 Å². The van der Waals surface area contributed by atoms with E-state index in [0.29, 0.717) is 0 Å². The Balaban J connectivity index is 3.06. The van der Waals surface area contributed by atoms with Gasteiger partial charge < -0.3 is 25.2 Å². The van der Waals surface area contributed by atoms with Crippen molar-refractivity contribution in [3.05, 3.63) is 34.9 Å². The van der Waals surface area contributed by atoms with Crippen molar-refractivity contribution in [3.8, 4) is 0 Å². The third-order valence-electron chi connectivity index (χ3n) is 2.33. The lowest BCUT2D eigenvalue weighted by Crippen LogP contribution is -2.23. The highest BCUT2D eigenvalue weighted by molar-refractivity contribution is 6.04. The van der Waals surface area contributed by atoms with E-state index in [9.17, 15) is 14.4 Å². The number of carbonyl (C=O) groups is 3. The molecule has 0 fully saturated rings. The van der Waals surface area contributed by atoms with E-state index >= 15 is 0 Å². The van der Waals surface area contributed by atoms with Gasteiger partial charge in [-0.1, -0.05) is 0 Å². The molecule has 0 aromatic heterocycles. The van der Waals surface area contributed by atoms with Gasteiger partial charge in [0.05, 0.1) is 23.3 Å². The van der Waals surface area contributed by atoms with E-state index in [4.69, 9.17) is 20.4 Å². The average Bonchev–Trinajstić information content (AvgIpc) is 2.43. The molecule has 0 radical (unpaired) electrons. The predicted molar refractivity (Wildman–Crippen MR) is 63.7 cm³/mol. The average molecular weight is 284 g/mol. The number of aliphatic hydroxyl groups is 2. The molecular formula is C12H12O8. The first kappa shape index (κ1) is 15.6. The standard InChI is InChI=1S/C12H12O8/c13-4-7(14)5-20-12(19)9-3-6(10(15)16)1-2-8(9)11(17)18/h1-3,7,13-14H,4-5H2,(H,15,16)(H,17,18). The molecule has 20 heavy (non-hydrogen) atoms. The predicted octanol–water partition coefficient (Wildman–Crippen LogP) is -0.407. The van der Waals surface area contributed by atoms with Crippen LogP contribution in [0.4, 0.5) is 0 Å². The van der Waals surface area contributed by atoms with Crippen LogP contribution in [0.25, 0.3) is 0 Å². The lowest BCUT2D eigenvalue weighted by atomic mass is 10.0. The number of aliphatic hydroxyl groups excluding tert-OH is 2. The number of benzene rings is 1. The summed E-state index contributed by atoms with van der Waals surface area (Å²) in [6.07, 6.45) is -1.30. The van der Waals surface area contributed by atoms with E-state index in [1.807, 2.05) is 0 Å². The van der Waals surface area contributed by atoms with Gasteiger partial charge in [-0.2, -0.15) is 0 Å². The van der Waals surface area contributed by atoms with Gasteiger partial charge in [-0.05, 0) is 18.2 Å².